The van der Waals surface area contributed by atoms with Crippen molar-refractivity contribution in [3.05, 3.63) is 59.3 Å². The van der Waals surface area contributed by atoms with Crippen LogP contribution in [0.1, 0.15) is 16.7 Å². The molecule has 2 aromatic rings. The third-order valence-electron chi connectivity index (χ3n) is 3.28. The van der Waals surface area contributed by atoms with E-state index in [1.807, 2.05) is 12.1 Å². The van der Waals surface area contributed by atoms with Crippen LogP contribution in [0.25, 0.3) is 0 Å². The number of nitrogens with zero attached hydrogens (tertiary/aromatic N) is 2. The lowest BCUT2D eigenvalue weighted by atomic mass is 10.1. The molecule has 1 aliphatic rings. The van der Waals surface area contributed by atoms with E-state index < -0.39 is 0 Å². The van der Waals surface area contributed by atoms with Crippen LogP contribution in [0.4, 0.5) is 5.82 Å². The Hall–Kier alpha value is -1.91. The lowest BCUT2D eigenvalue weighted by Gasteiger charge is -2.15. The number of anilines is 1. The Labute approximate surface area is 106 Å². The maximum Gasteiger partial charge on any atom is 0.140 e. The number of hydrogen-bond donors (Lipinski definition) is 2. The lowest BCUT2D eigenvalue weighted by Crippen LogP contribution is -2.16. The van der Waals surface area contributed by atoms with E-state index in [2.05, 4.69) is 39.6 Å². The first-order valence-electron chi connectivity index (χ1n) is 6.06. The third kappa shape index (κ3) is 2.20. The Balaban J connectivity index is 1.72. The van der Waals surface area contributed by atoms with Crippen molar-refractivity contribution in [1.29, 1.82) is 0 Å². The van der Waals surface area contributed by atoms with Gasteiger partial charge < -0.3 is 5.43 Å². The zero-order valence-electron chi connectivity index (χ0n) is 10.1. The number of hydrazine groups is 1. The molecule has 0 radical (unpaired) electrons. The number of fused-ring (bicyclic) bond motifs is 1. The molecule has 0 spiro atoms. The Morgan fingerprint density at radius 3 is 2.56 bits per heavy atom. The minimum Gasteiger partial charge on any atom is -0.308 e. The van der Waals surface area contributed by atoms with E-state index in [4.69, 9.17) is 5.84 Å². The highest BCUT2D eigenvalue weighted by molar-refractivity contribution is 5.36. The van der Waals surface area contributed by atoms with E-state index in [1.54, 1.807) is 6.20 Å². The summed E-state index contributed by atoms with van der Waals surface area (Å²) >= 11 is 0. The van der Waals surface area contributed by atoms with E-state index >= 15 is 0 Å². The molecule has 0 amide bonds. The first kappa shape index (κ1) is 11.2. The third-order valence-corrected chi connectivity index (χ3v) is 3.28. The van der Waals surface area contributed by atoms with Crippen molar-refractivity contribution in [3.63, 3.8) is 0 Å². The van der Waals surface area contributed by atoms with Crippen molar-refractivity contribution in [2.45, 2.75) is 19.6 Å². The summed E-state index contributed by atoms with van der Waals surface area (Å²) in [5.74, 6) is 6.08. The quantitative estimate of drug-likeness (QED) is 0.635. The molecule has 0 unspecified atom stereocenters. The van der Waals surface area contributed by atoms with Crippen LogP contribution in [0.15, 0.2) is 42.6 Å². The Kier molecular flexibility index (Phi) is 2.96. The molecule has 0 bridgehead atoms. The average molecular weight is 240 g/mol. The number of nitrogen functional groups attached to an aromatic ring is 1. The fraction of sp³-hybridized carbons (Fsp3) is 0.214. The molecule has 3 N–H and O–H groups in total. The van der Waals surface area contributed by atoms with Gasteiger partial charge in [-0.05, 0) is 28.8 Å². The van der Waals surface area contributed by atoms with Crippen molar-refractivity contribution < 1.29 is 0 Å². The standard InChI is InChI=1S/C14H16N4/c15-17-14-7-11(5-6-16-14)8-18-9-12-3-1-2-4-13(12)10-18/h1-7H,8-10,15H2,(H,16,17). The van der Waals surface area contributed by atoms with Gasteiger partial charge in [0.25, 0.3) is 0 Å². The molecule has 92 valence electrons. The van der Waals surface area contributed by atoms with E-state index in [9.17, 15) is 0 Å². The van der Waals surface area contributed by atoms with Gasteiger partial charge in [0, 0.05) is 25.8 Å². The summed E-state index contributed by atoms with van der Waals surface area (Å²) in [5.41, 5.74) is 6.68. The minimum absolute atomic E-state index is 0.712. The molecule has 0 atom stereocenters. The Bertz CT molecular complexity index is 528. The minimum atomic E-state index is 0.712. The molecule has 1 aliphatic heterocycles. The number of hydrogen-bond acceptors (Lipinski definition) is 4. The lowest BCUT2D eigenvalue weighted by molar-refractivity contribution is 0.275. The molecule has 1 aromatic carbocycles. The van der Waals surface area contributed by atoms with Crippen LogP contribution < -0.4 is 11.3 Å². The molecule has 18 heavy (non-hydrogen) atoms. The van der Waals surface area contributed by atoms with Crippen molar-refractivity contribution >= 4 is 5.82 Å². The molecule has 0 fully saturated rings. The van der Waals surface area contributed by atoms with Crippen LogP contribution in [0.2, 0.25) is 0 Å². The summed E-state index contributed by atoms with van der Waals surface area (Å²) in [4.78, 5) is 6.53. The number of pyridine rings is 1. The highest BCUT2D eigenvalue weighted by atomic mass is 15.2. The van der Waals surface area contributed by atoms with Gasteiger partial charge in [-0.25, -0.2) is 10.8 Å². The summed E-state index contributed by atoms with van der Waals surface area (Å²) in [6.45, 7) is 2.96. The Morgan fingerprint density at radius 1 is 1.17 bits per heavy atom. The predicted octanol–water partition coefficient (Wildman–Crippen LogP) is 1.88. The molecular formula is C14H16N4. The summed E-state index contributed by atoms with van der Waals surface area (Å²) in [6.07, 6.45) is 1.79. The van der Waals surface area contributed by atoms with Crippen molar-refractivity contribution in [2.75, 3.05) is 5.43 Å². The molecule has 4 nitrogen and oxygen atoms in total. The number of nitrogens with two attached hydrogens (primary N) is 1. The topological polar surface area (TPSA) is 54.2 Å². The van der Waals surface area contributed by atoms with E-state index in [0.717, 1.165) is 19.6 Å². The molecule has 3 rings (SSSR count). The van der Waals surface area contributed by atoms with Crippen LogP contribution in [0.3, 0.4) is 0 Å². The number of aromatic nitrogens is 1. The molecule has 1 aromatic heterocycles. The van der Waals surface area contributed by atoms with E-state index in [-0.39, 0.29) is 0 Å². The zero-order valence-corrected chi connectivity index (χ0v) is 10.1. The van der Waals surface area contributed by atoms with Gasteiger partial charge >= 0.3 is 0 Å². The van der Waals surface area contributed by atoms with Gasteiger partial charge in [0.2, 0.25) is 0 Å². The first-order chi connectivity index (χ1) is 8.85. The second kappa shape index (κ2) is 4.76. The fourth-order valence-corrected chi connectivity index (χ4v) is 2.43. The van der Waals surface area contributed by atoms with Gasteiger partial charge in [0.05, 0.1) is 0 Å². The monoisotopic (exact) mass is 240 g/mol. The van der Waals surface area contributed by atoms with Gasteiger partial charge in [0.1, 0.15) is 5.82 Å². The van der Waals surface area contributed by atoms with E-state index in [0.29, 0.717) is 5.82 Å². The summed E-state index contributed by atoms with van der Waals surface area (Å²) in [5, 5.41) is 0. The highest BCUT2D eigenvalue weighted by Crippen LogP contribution is 2.24. The van der Waals surface area contributed by atoms with Crippen LogP contribution in [0, 0.1) is 0 Å². The van der Waals surface area contributed by atoms with Gasteiger partial charge in [-0.15, -0.1) is 0 Å². The highest BCUT2D eigenvalue weighted by Gasteiger charge is 2.18. The number of rotatable bonds is 3. The van der Waals surface area contributed by atoms with Gasteiger partial charge in [0.15, 0.2) is 0 Å². The second-order valence-corrected chi connectivity index (χ2v) is 4.61. The van der Waals surface area contributed by atoms with Crippen LogP contribution in [-0.4, -0.2) is 9.88 Å². The van der Waals surface area contributed by atoms with Gasteiger partial charge in [-0.2, -0.15) is 0 Å². The number of benzene rings is 1. The average Bonchev–Trinajstić information content (AvgIpc) is 2.81. The maximum absolute atomic E-state index is 5.37. The van der Waals surface area contributed by atoms with Crippen molar-refractivity contribution in [3.8, 4) is 0 Å². The van der Waals surface area contributed by atoms with Gasteiger partial charge in [-0.1, -0.05) is 24.3 Å². The SMILES string of the molecule is NNc1cc(CN2Cc3ccccc3C2)ccn1. The van der Waals surface area contributed by atoms with Gasteiger partial charge in [-0.3, -0.25) is 4.90 Å². The van der Waals surface area contributed by atoms with E-state index in [1.165, 1.54) is 16.7 Å². The normalized spacial score (nSPS) is 14.5. The Morgan fingerprint density at radius 2 is 1.89 bits per heavy atom. The molecule has 4 heteroatoms. The fourth-order valence-electron chi connectivity index (χ4n) is 2.43. The van der Waals surface area contributed by atoms with Crippen LogP contribution in [0.5, 0.6) is 0 Å². The predicted molar refractivity (Wildman–Crippen MR) is 71.4 cm³/mol. The first-order valence-corrected chi connectivity index (χ1v) is 6.06. The second-order valence-electron chi connectivity index (χ2n) is 4.61. The maximum atomic E-state index is 5.37. The van der Waals surface area contributed by atoms with Crippen LogP contribution >= 0.6 is 0 Å². The molecule has 0 aliphatic carbocycles. The molecule has 0 saturated heterocycles. The van der Waals surface area contributed by atoms with Crippen molar-refractivity contribution in [2.24, 2.45) is 5.84 Å². The summed E-state index contributed by atoms with van der Waals surface area (Å²) in [6, 6.07) is 12.6. The summed E-state index contributed by atoms with van der Waals surface area (Å²) < 4.78 is 0. The number of nitrogens with one attached hydrogen (secondary N) is 1. The largest absolute Gasteiger partial charge is 0.308 e. The molecule has 0 saturated carbocycles. The molecular weight excluding hydrogens is 224 g/mol. The van der Waals surface area contributed by atoms with Crippen molar-refractivity contribution in [1.82, 2.24) is 9.88 Å². The smallest absolute Gasteiger partial charge is 0.140 e. The van der Waals surface area contributed by atoms with Crippen LogP contribution in [-0.2, 0) is 19.6 Å². The zero-order chi connectivity index (χ0) is 12.4. The summed E-state index contributed by atoms with van der Waals surface area (Å²) in [7, 11) is 0. The molecule has 2 heterocycles.